The van der Waals surface area contributed by atoms with Gasteiger partial charge in [0, 0.05) is 38.5 Å². The third-order valence-corrected chi connectivity index (χ3v) is 10.5. The summed E-state index contributed by atoms with van der Waals surface area (Å²) < 4.78 is 44.1. The van der Waals surface area contributed by atoms with Gasteiger partial charge in [-0.1, -0.05) is 146 Å². The summed E-state index contributed by atoms with van der Waals surface area (Å²) in [5, 5.41) is 11.8. The van der Waals surface area contributed by atoms with Gasteiger partial charge in [0.05, 0.1) is 29.1 Å². The molecule has 2 aromatic heterocycles. The zero-order chi connectivity index (χ0) is 43.4. The minimum absolute atomic E-state index is 0. The molecule has 0 aliphatic carbocycles. The molecule has 5 heteroatoms. The molecule has 7 aromatic carbocycles. The largest absolute Gasteiger partial charge is 0.507 e. The van der Waals surface area contributed by atoms with Gasteiger partial charge in [-0.3, -0.25) is 9.55 Å². The Labute approximate surface area is 361 Å². The van der Waals surface area contributed by atoms with Crippen molar-refractivity contribution in [2.24, 2.45) is 0 Å². The van der Waals surface area contributed by atoms with Gasteiger partial charge in [-0.15, -0.1) is 29.3 Å². The first-order valence-electron chi connectivity index (χ1n) is 21.6. The van der Waals surface area contributed by atoms with E-state index in [0.717, 1.165) is 66.8 Å². The SMILES string of the molecule is [2H]c1c([2H])c([2H])c(-c2ccnc(-c3[c-]c(-c4cccc5c4nc(-c4cc(C)cc(C)c4O)n5-c4ccc(-c5ccccc5)cc4-c4ccccc4)cc(C(C)C)c3)c2)c([2H])c1[2H].[Pt]. The average molecular weight is 937 g/mol. The van der Waals surface area contributed by atoms with Gasteiger partial charge in [0.2, 0.25) is 0 Å². The first-order chi connectivity index (χ1) is 29.9. The molecule has 1 N–H and O–H groups in total. The Morgan fingerprint density at radius 1 is 0.638 bits per heavy atom. The van der Waals surface area contributed by atoms with Crippen LogP contribution >= 0.6 is 0 Å². The number of aryl methyl sites for hydroxylation is 2. The number of phenols is 1. The molecular formula is C53H42N3OPt-. The molecule has 0 saturated heterocycles. The number of nitrogens with zero attached hydrogens (tertiary/aromatic N) is 3. The Bertz CT molecular complexity index is 3180. The van der Waals surface area contributed by atoms with Gasteiger partial charge in [0.25, 0.3) is 0 Å². The fourth-order valence-electron chi connectivity index (χ4n) is 7.60. The van der Waals surface area contributed by atoms with E-state index < -0.39 is 6.04 Å². The quantitative estimate of drug-likeness (QED) is 0.154. The summed E-state index contributed by atoms with van der Waals surface area (Å²) in [6, 6.07) is 46.7. The molecule has 286 valence electrons. The summed E-state index contributed by atoms with van der Waals surface area (Å²) in [5.74, 6) is 0.883. The van der Waals surface area contributed by atoms with Crippen LogP contribution in [0.5, 0.6) is 5.75 Å². The summed E-state index contributed by atoms with van der Waals surface area (Å²) in [6.07, 6.45) is 1.60. The van der Waals surface area contributed by atoms with E-state index in [1.807, 2.05) is 80.6 Å². The van der Waals surface area contributed by atoms with E-state index in [4.69, 9.17) is 16.8 Å². The first-order valence-corrected chi connectivity index (χ1v) is 19.1. The molecule has 0 aliphatic heterocycles. The Morgan fingerprint density at radius 2 is 1.34 bits per heavy atom. The topological polar surface area (TPSA) is 50.9 Å². The normalized spacial score (nSPS) is 12.4. The second-order valence-electron chi connectivity index (χ2n) is 14.7. The molecule has 0 atom stereocenters. The molecule has 0 spiro atoms. The number of hydrogen-bond acceptors (Lipinski definition) is 3. The van der Waals surface area contributed by atoms with Crippen molar-refractivity contribution >= 4 is 11.0 Å². The number of phenolic OH excluding ortho intramolecular Hbond substituents is 1. The van der Waals surface area contributed by atoms with Gasteiger partial charge in [-0.2, -0.15) is 0 Å². The van der Waals surface area contributed by atoms with Crippen LogP contribution in [0.3, 0.4) is 0 Å². The zero-order valence-electron chi connectivity index (χ0n) is 37.5. The van der Waals surface area contributed by atoms with Crippen LogP contribution in [0, 0.1) is 19.9 Å². The van der Waals surface area contributed by atoms with Gasteiger partial charge in [-0.05, 0) is 89.0 Å². The van der Waals surface area contributed by atoms with Crippen molar-refractivity contribution in [1.29, 1.82) is 0 Å². The number of imidazole rings is 1. The van der Waals surface area contributed by atoms with Crippen molar-refractivity contribution in [3.05, 3.63) is 193 Å². The third-order valence-electron chi connectivity index (χ3n) is 10.5. The number of fused-ring (bicyclic) bond motifs is 1. The number of para-hydroxylation sites is 1. The molecule has 0 amide bonds. The number of rotatable bonds is 8. The maximum Gasteiger partial charge on any atom is 0.148 e. The monoisotopic (exact) mass is 936 g/mol. The molecule has 9 aromatic rings. The Balaban J connectivity index is 0.00000544. The summed E-state index contributed by atoms with van der Waals surface area (Å²) in [7, 11) is 0. The minimum atomic E-state index is -0.436. The Kier molecular flexibility index (Phi) is 9.16. The smallest absolute Gasteiger partial charge is 0.148 e. The summed E-state index contributed by atoms with van der Waals surface area (Å²) >= 11 is 0. The summed E-state index contributed by atoms with van der Waals surface area (Å²) in [4.78, 5) is 10.2. The molecule has 0 fully saturated rings. The number of hydrogen-bond donors (Lipinski definition) is 1. The van der Waals surface area contributed by atoms with Crippen molar-refractivity contribution in [2.45, 2.75) is 33.6 Å². The standard InChI is InChI=1S/C53H42N3O.Pt/c1-34(2)42-29-43(31-44(30-42)48-33-41(25-26-54-48)38-17-10-6-11-18-38)45-21-14-22-50-51(45)55-53(47-28-35(3)27-36(4)52(47)57)56(50)49-24-23-40(37-15-8-5-9-16-37)32-46(49)39-19-12-7-13-20-39;/h5-30,32-34,57H,1-4H3;/q-1;/i6D,10D,11D,17D,18D;. The van der Waals surface area contributed by atoms with Crippen molar-refractivity contribution < 1.29 is 33.0 Å². The van der Waals surface area contributed by atoms with E-state index in [2.05, 4.69) is 79.1 Å². The van der Waals surface area contributed by atoms with Gasteiger partial charge in [0.15, 0.2) is 0 Å². The predicted molar refractivity (Wildman–Crippen MR) is 236 cm³/mol. The minimum Gasteiger partial charge on any atom is -0.507 e. The molecule has 0 radical (unpaired) electrons. The van der Waals surface area contributed by atoms with Crippen molar-refractivity contribution in [2.75, 3.05) is 0 Å². The van der Waals surface area contributed by atoms with E-state index in [1.54, 1.807) is 18.3 Å². The van der Waals surface area contributed by atoms with Crippen molar-refractivity contribution in [1.82, 2.24) is 14.5 Å². The second-order valence-corrected chi connectivity index (χ2v) is 14.7. The van der Waals surface area contributed by atoms with Crippen molar-refractivity contribution in [3.63, 3.8) is 0 Å². The summed E-state index contributed by atoms with van der Waals surface area (Å²) in [6.45, 7) is 8.18. The average Bonchev–Trinajstić information content (AvgIpc) is 3.68. The van der Waals surface area contributed by atoms with E-state index in [1.165, 1.54) is 0 Å². The van der Waals surface area contributed by atoms with Crippen molar-refractivity contribution in [3.8, 4) is 78.6 Å². The molecule has 0 bridgehead atoms. The van der Waals surface area contributed by atoms with E-state index >= 15 is 0 Å². The molecular weight excluding hydrogens is 890 g/mol. The maximum absolute atomic E-state index is 11.8. The van der Waals surface area contributed by atoms with Crippen LogP contribution in [-0.4, -0.2) is 19.6 Å². The number of benzene rings is 7. The van der Waals surface area contributed by atoms with Crippen LogP contribution < -0.4 is 0 Å². The predicted octanol–water partition coefficient (Wildman–Crippen LogP) is 13.7. The molecule has 9 rings (SSSR count). The van der Waals surface area contributed by atoms with Crippen LogP contribution in [0.25, 0.3) is 83.9 Å². The Hall–Kier alpha value is -6.35. The van der Waals surface area contributed by atoms with Crippen LogP contribution in [0.2, 0.25) is 0 Å². The van der Waals surface area contributed by atoms with E-state index in [0.29, 0.717) is 28.2 Å². The molecule has 58 heavy (non-hydrogen) atoms. The van der Waals surface area contributed by atoms with Gasteiger partial charge in [-0.25, -0.2) is 4.98 Å². The molecule has 2 heterocycles. The number of aromatic hydroxyl groups is 1. The summed E-state index contributed by atoms with van der Waals surface area (Å²) in [5.41, 5.74) is 13.5. The second kappa shape index (κ2) is 16.3. The van der Waals surface area contributed by atoms with Crippen LogP contribution in [-0.2, 0) is 21.1 Å². The number of pyridine rings is 1. The fraction of sp³-hybridized carbons (Fsp3) is 0.0943. The van der Waals surface area contributed by atoms with Gasteiger partial charge < -0.3 is 5.11 Å². The maximum atomic E-state index is 11.8. The van der Waals surface area contributed by atoms with Gasteiger partial charge >= 0.3 is 0 Å². The number of aromatic nitrogens is 3. The van der Waals surface area contributed by atoms with E-state index in [-0.39, 0.29) is 62.5 Å². The zero-order valence-corrected chi connectivity index (χ0v) is 34.7. The molecule has 0 unspecified atom stereocenters. The van der Waals surface area contributed by atoms with E-state index in [9.17, 15) is 5.11 Å². The van der Waals surface area contributed by atoms with Crippen LogP contribution in [0.1, 0.15) is 43.3 Å². The fourth-order valence-corrected chi connectivity index (χ4v) is 7.60. The first kappa shape index (κ1) is 32.7. The van der Waals surface area contributed by atoms with Crippen LogP contribution in [0.15, 0.2) is 170 Å². The molecule has 0 aliphatic rings. The molecule has 0 saturated carbocycles. The molecule has 4 nitrogen and oxygen atoms in total. The van der Waals surface area contributed by atoms with Gasteiger partial charge in [0.1, 0.15) is 11.6 Å². The third kappa shape index (κ3) is 7.33. The van der Waals surface area contributed by atoms with Crippen LogP contribution in [0.4, 0.5) is 0 Å². The Morgan fingerprint density at radius 3 is 2.09 bits per heavy atom.